The van der Waals surface area contributed by atoms with Crippen LogP contribution in [0.15, 0.2) is 47.5 Å². The minimum Gasteiger partial charge on any atom is -0.489 e. The number of hydrogen-bond donors (Lipinski definition) is 2. The summed E-state index contributed by atoms with van der Waals surface area (Å²) in [5.74, 6) is 0.154. The van der Waals surface area contributed by atoms with Gasteiger partial charge >= 0.3 is 0 Å². The smallest absolute Gasteiger partial charge is 0.191 e. The van der Waals surface area contributed by atoms with Gasteiger partial charge in [-0.3, -0.25) is 4.99 Å². The number of ether oxygens (including phenoxy) is 1. The standard InChI is InChI=1S/C20H22F2N4O/c1-3-17(27-18-6-4-5-16(21)10-18)13-26-20(24-2)25-12-15-8-7-14(11-23)9-19(15)22/h4-10,17H,3,12-13H2,1-2H3,(H2,24,25,26). The first-order valence-corrected chi connectivity index (χ1v) is 8.61. The molecule has 0 saturated heterocycles. The van der Waals surface area contributed by atoms with Gasteiger partial charge in [-0.2, -0.15) is 5.26 Å². The molecule has 7 heteroatoms. The largest absolute Gasteiger partial charge is 0.489 e. The molecule has 2 aromatic carbocycles. The quantitative estimate of drug-likeness (QED) is 0.578. The second-order valence-electron chi connectivity index (χ2n) is 5.83. The molecule has 0 aliphatic heterocycles. The molecule has 0 spiro atoms. The van der Waals surface area contributed by atoms with Crippen LogP contribution in [0.1, 0.15) is 24.5 Å². The van der Waals surface area contributed by atoms with E-state index in [-0.39, 0.29) is 24.0 Å². The third-order valence-corrected chi connectivity index (χ3v) is 3.90. The van der Waals surface area contributed by atoms with Gasteiger partial charge in [-0.25, -0.2) is 8.78 Å². The Morgan fingerprint density at radius 1 is 1.22 bits per heavy atom. The number of halogens is 2. The van der Waals surface area contributed by atoms with Crippen molar-refractivity contribution >= 4 is 5.96 Å². The Balaban J connectivity index is 1.88. The van der Waals surface area contributed by atoms with E-state index in [0.29, 0.717) is 30.2 Å². The Labute approximate surface area is 157 Å². The number of hydrogen-bond acceptors (Lipinski definition) is 3. The number of nitrogens with one attached hydrogen (secondary N) is 2. The lowest BCUT2D eigenvalue weighted by Crippen LogP contribution is -2.42. The Morgan fingerprint density at radius 2 is 2.04 bits per heavy atom. The highest BCUT2D eigenvalue weighted by Crippen LogP contribution is 2.15. The highest BCUT2D eigenvalue weighted by atomic mass is 19.1. The first kappa shape index (κ1) is 20.2. The van der Waals surface area contributed by atoms with E-state index in [9.17, 15) is 8.78 Å². The molecule has 0 aliphatic rings. The molecular formula is C20H22F2N4O. The molecule has 27 heavy (non-hydrogen) atoms. The van der Waals surface area contributed by atoms with E-state index in [1.165, 1.54) is 18.2 Å². The van der Waals surface area contributed by atoms with E-state index in [1.54, 1.807) is 31.3 Å². The molecule has 2 aromatic rings. The van der Waals surface area contributed by atoms with Crippen LogP contribution in [0, 0.1) is 23.0 Å². The summed E-state index contributed by atoms with van der Waals surface area (Å²) in [6.07, 6.45) is 0.530. The molecule has 142 valence electrons. The molecule has 5 nitrogen and oxygen atoms in total. The number of guanidine groups is 1. The Bertz CT molecular complexity index is 833. The number of rotatable bonds is 7. The molecule has 0 aliphatic carbocycles. The average molecular weight is 372 g/mol. The molecular weight excluding hydrogens is 350 g/mol. The molecule has 0 amide bonds. The number of aliphatic imine (C=N–C) groups is 1. The lowest BCUT2D eigenvalue weighted by Gasteiger charge is -2.20. The van der Waals surface area contributed by atoms with Crippen molar-refractivity contribution in [2.24, 2.45) is 4.99 Å². The average Bonchev–Trinajstić information content (AvgIpc) is 2.67. The fraction of sp³-hybridized carbons (Fsp3) is 0.300. The second-order valence-corrected chi connectivity index (χ2v) is 5.83. The van der Waals surface area contributed by atoms with Crippen LogP contribution < -0.4 is 15.4 Å². The van der Waals surface area contributed by atoms with E-state index in [1.807, 2.05) is 13.0 Å². The van der Waals surface area contributed by atoms with Crippen LogP contribution in [-0.2, 0) is 6.54 Å². The van der Waals surface area contributed by atoms with Gasteiger partial charge in [0.05, 0.1) is 18.2 Å². The molecule has 0 heterocycles. The van der Waals surface area contributed by atoms with Crippen molar-refractivity contribution in [2.45, 2.75) is 26.0 Å². The lowest BCUT2D eigenvalue weighted by molar-refractivity contribution is 0.198. The summed E-state index contributed by atoms with van der Waals surface area (Å²) in [5, 5.41) is 14.9. The zero-order valence-electron chi connectivity index (χ0n) is 15.3. The fourth-order valence-corrected chi connectivity index (χ4v) is 2.37. The third kappa shape index (κ3) is 6.26. The summed E-state index contributed by atoms with van der Waals surface area (Å²) in [5.41, 5.74) is 0.707. The summed E-state index contributed by atoms with van der Waals surface area (Å²) in [4.78, 5) is 4.10. The maximum atomic E-state index is 13.9. The highest BCUT2D eigenvalue weighted by molar-refractivity contribution is 5.79. The van der Waals surface area contributed by atoms with Gasteiger partial charge in [0.25, 0.3) is 0 Å². The van der Waals surface area contributed by atoms with Gasteiger partial charge in [0.2, 0.25) is 0 Å². The lowest BCUT2D eigenvalue weighted by atomic mass is 10.1. The summed E-state index contributed by atoms with van der Waals surface area (Å²) in [6.45, 7) is 2.63. The van der Waals surface area contributed by atoms with Crippen molar-refractivity contribution < 1.29 is 13.5 Å². The zero-order valence-corrected chi connectivity index (χ0v) is 15.3. The predicted molar refractivity (Wildman–Crippen MR) is 100 cm³/mol. The molecule has 0 saturated carbocycles. The van der Waals surface area contributed by atoms with Crippen molar-refractivity contribution in [1.82, 2.24) is 10.6 Å². The first-order valence-electron chi connectivity index (χ1n) is 8.61. The number of benzene rings is 2. The number of nitriles is 1. The van der Waals surface area contributed by atoms with Crippen LogP contribution in [0.2, 0.25) is 0 Å². The van der Waals surface area contributed by atoms with E-state index in [2.05, 4.69) is 15.6 Å². The van der Waals surface area contributed by atoms with E-state index >= 15 is 0 Å². The zero-order chi connectivity index (χ0) is 19.6. The van der Waals surface area contributed by atoms with E-state index in [0.717, 1.165) is 0 Å². The topological polar surface area (TPSA) is 69.4 Å². The number of nitrogens with zero attached hydrogens (tertiary/aromatic N) is 2. The summed E-state index contributed by atoms with van der Waals surface area (Å²) in [6, 6.07) is 12.2. The van der Waals surface area contributed by atoms with Gasteiger partial charge in [0.1, 0.15) is 23.5 Å². The summed E-state index contributed by atoms with van der Waals surface area (Å²) < 4.78 is 33.0. The van der Waals surface area contributed by atoms with Gasteiger partial charge in [-0.05, 0) is 30.7 Å². The molecule has 0 radical (unpaired) electrons. The highest BCUT2D eigenvalue weighted by Gasteiger charge is 2.11. The van der Waals surface area contributed by atoms with Crippen LogP contribution in [0.3, 0.4) is 0 Å². The van der Waals surface area contributed by atoms with E-state index < -0.39 is 5.82 Å². The van der Waals surface area contributed by atoms with Gasteiger partial charge in [0.15, 0.2) is 5.96 Å². The minimum absolute atomic E-state index is 0.183. The molecule has 2 rings (SSSR count). The Hall–Kier alpha value is -3.14. The van der Waals surface area contributed by atoms with Crippen molar-refractivity contribution in [3.63, 3.8) is 0 Å². The van der Waals surface area contributed by atoms with Gasteiger partial charge in [0, 0.05) is 25.2 Å². The Kier molecular flexibility index (Phi) is 7.56. The van der Waals surface area contributed by atoms with E-state index in [4.69, 9.17) is 10.00 Å². The second kappa shape index (κ2) is 10.1. The van der Waals surface area contributed by atoms with Gasteiger partial charge in [-0.1, -0.05) is 19.1 Å². The third-order valence-electron chi connectivity index (χ3n) is 3.90. The summed E-state index contributed by atoms with van der Waals surface area (Å²) >= 11 is 0. The SMILES string of the molecule is CCC(CNC(=NC)NCc1ccc(C#N)cc1F)Oc1cccc(F)c1. The fourth-order valence-electron chi connectivity index (χ4n) is 2.37. The van der Waals surface area contributed by atoms with Crippen LogP contribution >= 0.6 is 0 Å². The van der Waals surface area contributed by atoms with Crippen molar-refractivity contribution in [1.29, 1.82) is 5.26 Å². The molecule has 2 N–H and O–H groups in total. The monoisotopic (exact) mass is 372 g/mol. The molecule has 1 unspecified atom stereocenters. The van der Waals surface area contributed by atoms with Crippen LogP contribution in [0.4, 0.5) is 8.78 Å². The maximum Gasteiger partial charge on any atom is 0.191 e. The van der Waals surface area contributed by atoms with Crippen molar-refractivity contribution in [3.05, 3.63) is 65.2 Å². The van der Waals surface area contributed by atoms with Crippen LogP contribution in [-0.4, -0.2) is 25.7 Å². The van der Waals surface area contributed by atoms with Gasteiger partial charge in [-0.15, -0.1) is 0 Å². The van der Waals surface area contributed by atoms with Gasteiger partial charge < -0.3 is 15.4 Å². The first-order chi connectivity index (χ1) is 13.0. The summed E-state index contributed by atoms with van der Waals surface area (Å²) in [7, 11) is 1.61. The normalized spacial score (nSPS) is 12.2. The predicted octanol–water partition coefficient (Wildman–Crippen LogP) is 3.36. The molecule has 0 aromatic heterocycles. The van der Waals surface area contributed by atoms with Crippen molar-refractivity contribution in [2.75, 3.05) is 13.6 Å². The Morgan fingerprint density at radius 3 is 2.67 bits per heavy atom. The minimum atomic E-state index is -0.446. The molecule has 1 atom stereocenters. The maximum absolute atomic E-state index is 13.9. The molecule has 0 fully saturated rings. The molecule has 0 bridgehead atoms. The van der Waals surface area contributed by atoms with Crippen LogP contribution in [0.5, 0.6) is 5.75 Å². The van der Waals surface area contributed by atoms with Crippen LogP contribution in [0.25, 0.3) is 0 Å². The van der Waals surface area contributed by atoms with Crippen molar-refractivity contribution in [3.8, 4) is 11.8 Å².